The van der Waals surface area contributed by atoms with Gasteiger partial charge in [0.15, 0.2) is 0 Å². The van der Waals surface area contributed by atoms with Crippen molar-refractivity contribution in [3.8, 4) is 0 Å². The van der Waals surface area contributed by atoms with Crippen molar-refractivity contribution in [2.24, 2.45) is 5.92 Å². The molecule has 0 radical (unpaired) electrons. The van der Waals surface area contributed by atoms with Crippen molar-refractivity contribution in [1.29, 1.82) is 0 Å². The van der Waals surface area contributed by atoms with E-state index in [9.17, 15) is 4.79 Å². The first kappa shape index (κ1) is 28.8. The lowest BCUT2D eigenvalue weighted by atomic mass is 10.0. The first-order valence-electron chi connectivity index (χ1n) is 9.23. The molecule has 1 unspecified atom stereocenters. The summed E-state index contributed by atoms with van der Waals surface area (Å²) in [6, 6.07) is 0. The standard InChI is InChI=1S/C11H20O2.C4H10O3.C4H10O/c1-4-7-8-10(5-2)9-13-11(12)6-3;5-1-3-7-4-2-6;1-3-5-4-2/h6,10H,3-5,7-9H2,1-2H3;5-6H,1-4H2;3-4H2,1-2H3. The molecule has 0 aromatic rings. The van der Waals surface area contributed by atoms with Gasteiger partial charge in [0.25, 0.3) is 0 Å². The van der Waals surface area contributed by atoms with Crippen molar-refractivity contribution in [3.63, 3.8) is 0 Å². The molecule has 0 rings (SSSR count). The van der Waals surface area contributed by atoms with Gasteiger partial charge in [0.05, 0.1) is 33.0 Å². The van der Waals surface area contributed by atoms with Crippen LogP contribution in [0.4, 0.5) is 0 Å². The van der Waals surface area contributed by atoms with Crippen molar-refractivity contribution in [1.82, 2.24) is 0 Å². The Labute approximate surface area is 154 Å². The van der Waals surface area contributed by atoms with Crippen LogP contribution in [0.15, 0.2) is 12.7 Å². The molecular formula is C19H40O6. The van der Waals surface area contributed by atoms with E-state index in [1.165, 1.54) is 18.9 Å². The summed E-state index contributed by atoms with van der Waals surface area (Å²) in [5, 5.41) is 16.2. The first-order chi connectivity index (χ1) is 12.1. The average molecular weight is 365 g/mol. The second-order valence-electron chi connectivity index (χ2n) is 5.09. The van der Waals surface area contributed by atoms with Crippen molar-refractivity contribution in [3.05, 3.63) is 12.7 Å². The highest BCUT2D eigenvalue weighted by Crippen LogP contribution is 2.12. The van der Waals surface area contributed by atoms with E-state index in [0.29, 0.717) is 25.7 Å². The van der Waals surface area contributed by atoms with Crippen molar-refractivity contribution < 1.29 is 29.2 Å². The van der Waals surface area contributed by atoms with Crippen molar-refractivity contribution >= 4 is 5.97 Å². The van der Waals surface area contributed by atoms with E-state index >= 15 is 0 Å². The molecule has 0 aliphatic carbocycles. The van der Waals surface area contributed by atoms with Crippen LogP contribution in [-0.2, 0) is 19.0 Å². The fourth-order valence-corrected chi connectivity index (χ4v) is 1.59. The monoisotopic (exact) mass is 364 g/mol. The van der Waals surface area contributed by atoms with Gasteiger partial charge in [0, 0.05) is 19.3 Å². The lowest BCUT2D eigenvalue weighted by Gasteiger charge is -2.13. The van der Waals surface area contributed by atoms with Gasteiger partial charge < -0.3 is 24.4 Å². The maximum Gasteiger partial charge on any atom is 0.330 e. The first-order valence-corrected chi connectivity index (χ1v) is 9.23. The van der Waals surface area contributed by atoms with Gasteiger partial charge >= 0.3 is 5.97 Å². The summed E-state index contributed by atoms with van der Waals surface area (Å²) in [6.07, 6.45) is 5.85. The minimum absolute atomic E-state index is 0.0278. The maximum absolute atomic E-state index is 10.8. The highest BCUT2D eigenvalue weighted by atomic mass is 16.5. The van der Waals surface area contributed by atoms with Crippen LogP contribution in [0.25, 0.3) is 0 Å². The zero-order valence-electron chi connectivity index (χ0n) is 16.7. The molecule has 0 saturated heterocycles. The van der Waals surface area contributed by atoms with Gasteiger partial charge in [0.2, 0.25) is 0 Å². The minimum Gasteiger partial charge on any atom is -0.462 e. The Kier molecular flexibility index (Phi) is 32.2. The third kappa shape index (κ3) is 31.3. The molecule has 0 fully saturated rings. The third-order valence-electron chi connectivity index (χ3n) is 3.05. The van der Waals surface area contributed by atoms with Crippen molar-refractivity contribution in [2.75, 3.05) is 46.2 Å². The van der Waals surface area contributed by atoms with Crippen LogP contribution in [0.2, 0.25) is 0 Å². The summed E-state index contributed by atoms with van der Waals surface area (Å²) in [5.74, 6) is 0.207. The average Bonchev–Trinajstić information content (AvgIpc) is 2.64. The van der Waals surface area contributed by atoms with Gasteiger partial charge in [0.1, 0.15) is 0 Å². The number of aliphatic hydroxyl groups excluding tert-OH is 2. The summed E-state index contributed by atoms with van der Waals surface area (Å²) in [5.41, 5.74) is 0. The number of carbonyl (C=O) groups excluding carboxylic acids is 1. The molecule has 1 atom stereocenters. The van der Waals surface area contributed by atoms with Gasteiger partial charge in [-0.1, -0.05) is 39.7 Å². The quantitative estimate of drug-likeness (QED) is 0.297. The third-order valence-corrected chi connectivity index (χ3v) is 3.05. The molecular weight excluding hydrogens is 324 g/mol. The van der Waals surface area contributed by atoms with E-state index < -0.39 is 0 Å². The summed E-state index contributed by atoms with van der Waals surface area (Å²) < 4.78 is 14.4. The van der Waals surface area contributed by atoms with Crippen molar-refractivity contribution in [2.45, 2.75) is 53.4 Å². The topological polar surface area (TPSA) is 85.2 Å². The zero-order chi connectivity index (χ0) is 19.8. The molecule has 2 N–H and O–H groups in total. The predicted molar refractivity (Wildman–Crippen MR) is 102 cm³/mol. The Morgan fingerprint density at radius 1 is 1.04 bits per heavy atom. The molecule has 6 heteroatoms. The predicted octanol–water partition coefficient (Wildman–Crippen LogP) is 2.96. The molecule has 0 aromatic heterocycles. The van der Waals surface area contributed by atoms with Crippen LogP contribution < -0.4 is 0 Å². The second-order valence-corrected chi connectivity index (χ2v) is 5.09. The molecule has 0 bridgehead atoms. The van der Waals surface area contributed by atoms with Gasteiger partial charge in [-0.05, 0) is 26.2 Å². The summed E-state index contributed by atoms with van der Waals surface area (Å²) >= 11 is 0. The summed E-state index contributed by atoms with van der Waals surface area (Å²) in [6.45, 7) is 14.6. The second kappa shape index (κ2) is 27.9. The molecule has 0 amide bonds. The van der Waals surface area contributed by atoms with E-state index in [0.717, 1.165) is 26.1 Å². The number of hydrogen-bond donors (Lipinski definition) is 2. The van der Waals surface area contributed by atoms with E-state index in [1.807, 2.05) is 13.8 Å². The smallest absolute Gasteiger partial charge is 0.330 e. The van der Waals surface area contributed by atoms with Gasteiger partial charge in [-0.3, -0.25) is 0 Å². The molecule has 0 aliphatic rings. The Morgan fingerprint density at radius 3 is 1.92 bits per heavy atom. The normalized spacial score (nSPS) is 10.6. The minimum atomic E-state index is -0.310. The molecule has 25 heavy (non-hydrogen) atoms. The molecule has 0 aromatic carbocycles. The molecule has 152 valence electrons. The van der Waals surface area contributed by atoms with Gasteiger partial charge in [-0.2, -0.15) is 0 Å². The highest BCUT2D eigenvalue weighted by molar-refractivity contribution is 5.81. The Bertz CT molecular complexity index is 252. The number of unbranched alkanes of at least 4 members (excludes halogenated alkanes) is 1. The van der Waals surface area contributed by atoms with E-state index in [2.05, 4.69) is 25.2 Å². The van der Waals surface area contributed by atoms with E-state index in [4.69, 9.17) is 19.7 Å². The molecule has 6 nitrogen and oxygen atoms in total. The van der Waals surface area contributed by atoms with Gasteiger partial charge in [-0.15, -0.1) is 0 Å². The zero-order valence-corrected chi connectivity index (χ0v) is 16.7. The SMILES string of the molecule is C=CC(=O)OCC(CC)CCCC.CCOCC.OCCOCCO. The van der Waals surface area contributed by atoms with Crippen LogP contribution in [-0.4, -0.2) is 62.4 Å². The molecule has 0 spiro atoms. The van der Waals surface area contributed by atoms with Crippen LogP contribution in [0, 0.1) is 5.92 Å². The Morgan fingerprint density at radius 2 is 1.60 bits per heavy atom. The Hall–Kier alpha value is -0.950. The molecule has 0 heterocycles. The van der Waals surface area contributed by atoms with E-state index in [-0.39, 0.29) is 19.2 Å². The summed E-state index contributed by atoms with van der Waals surface area (Å²) in [7, 11) is 0. The summed E-state index contributed by atoms with van der Waals surface area (Å²) in [4.78, 5) is 10.8. The molecule has 0 aliphatic heterocycles. The number of esters is 1. The maximum atomic E-state index is 10.8. The number of carbonyl (C=O) groups is 1. The van der Waals surface area contributed by atoms with E-state index in [1.54, 1.807) is 0 Å². The number of rotatable bonds is 13. The van der Waals surface area contributed by atoms with Crippen LogP contribution in [0.1, 0.15) is 53.4 Å². The number of ether oxygens (including phenoxy) is 3. The fraction of sp³-hybridized carbons (Fsp3) is 0.842. The lowest BCUT2D eigenvalue weighted by molar-refractivity contribution is -0.139. The highest BCUT2D eigenvalue weighted by Gasteiger charge is 2.07. The number of aliphatic hydroxyl groups is 2. The molecule has 0 saturated carbocycles. The lowest BCUT2D eigenvalue weighted by Crippen LogP contribution is -2.12. The largest absolute Gasteiger partial charge is 0.462 e. The Balaban J connectivity index is -0.000000337. The number of hydrogen-bond acceptors (Lipinski definition) is 6. The van der Waals surface area contributed by atoms with Gasteiger partial charge in [-0.25, -0.2) is 4.79 Å². The van der Waals surface area contributed by atoms with Crippen LogP contribution in [0.5, 0.6) is 0 Å². The van der Waals surface area contributed by atoms with Crippen LogP contribution in [0.3, 0.4) is 0 Å². The van der Waals surface area contributed by atoms with Crippen LogP contribution >= 0.6 is 0 Å². The fourth-order valence-electron chi connectivity index (χ4n) is 1.59.